The highest BCUT2D eigenvalue weighted by atomic mass is 19.1. The molecule has 1 aromatic heterocycles. The highest BCUT2D eigenvalue weighted by Gasteiger charge is 2.24. The van der Waals surface area contributed by atoms with Crippen LogP contribution in [0.2, 0.25) is 0 Å². The van der Waals surface area contributed by atoms with Crippen LogP contribution < -0.4 is 4.90 Å². The summed E-state index contributed by atoms with van der Waals surface area (Å²) in [7, 11) is 0. The number of fused-ring (bicyclic) bond motifs is 1. The number of carbonyl (C=O) groups excluding carboxylic acids is 1. The number of imidazole rings is 1. The fraction of sp³-hybridized carbons (Fsp3) is 0.259. The summed E-state index contributed by atoms with van der Waals surface area (Å²) >= 11 is 0. The molecule has 0 aliphatic heterocycles. The summed E-state index contributed by atoms with van der Waals surface area (Å²) in [5.74, 6) is -0.0902. The first kappa shape index (κ1) is 22.7. The van der Waals surface area contributed by atoms with Gasteiger partial charge in [0.05, 0.1) is 22.3 Å². The van der Waals surface area contributed by atoms with Crippen molar-refractivity contribution in [3.05, 3.63) is 83.7 Å². The molecule has 0 aliphatic carbocycles. The minimum Gasteiger partial charge on any atom is -0.361 e. The van der Waals surface area contributed by atoms with Gasteiger partial charge in [-0.05, 0) is 55.7 Å². The molecule has 0 spiro atoms. The SMILES string of the molecule is CCOCN(C(=O)Cn1c(-c2ccccc2F)nc2ccccc21)c1c(C)cccc1CC. The van der Waals surface area contributed by atoms with Gasteiger partial charge in [-0.25, -0.2) is 9.37 Å². The maximum absolute atomic E-state index is 14.7. The van der Waals surface area contributed by atoms with E-state index in [0.29, 0.717) is 23.5 Å². The Hall–Kier alpha value is -3.51. The Balaban J connectivity index is 1.80. The van der Waals surface area contributed by atoms with Gasteiger partial charge in [-0.3, -0.25) is 9.69 Å². The summed E-state index contributed by atoms with van der Waals surface area (Å²) < 4.78 is 22.2. The quantitative estimate of drug-likeness (QED) is 0.325. The lowest BCUT2D eigenvalue weighted by Crippen LogP contribution is -2.37. The molecule has 170 valence electrons. The summed E-state index contributed by atoms with van der Waals surface area (Å²) in [5, 5.41) is 0. The van der Waals surface area contributed by atoms with Crippen molar-refractivity contribution in [1.82, 2.24) is 9.55 Å². The van der Waals surface area contributed by atoms with Gasteiger partial charge in [-0.1, -0.05) is 49.4 Å². The summed E-state index contributed by atoms with van der Waals surface area (Å²) in [6.45, 7) is 6.62. The molecule has 0 unspecified atom stereocenters. The van der Waals surface area contributed by atoms with Crippen LogP contribution in [0, 0.1) is 12.7 Å². The smallest absolute Gasteiger partial charge is 0.248 e. The van der Waals surface area contributed by atoms with E-state index >= 15 is 0 Å². The highest BCUT2D eigenvalue weighted by Crippen LogP contribution is 2.29. The molecular formula is C27H28FN3O2. The standard InChI is InChI=1S/C27H28FN3O2/c1-4-20-12-10-11-19(3)26(20)31(18-33-5-2)25(32)17-30-24-16-9-8-15-23(24)29-27(30)21-13-6-7-14-22(21)28/h6-16H,4-5,17-18H2,1-3H3. The van der Waals surface area contributed by atoms with Crippen LogP contribution in [0.3, 0.4) is 0 Å². The van der Waals surface area contributed by atoms with E-state index in [1.807, 2.05) is 56.3 Å². The summed E-state index contributed by atoms with van der Waals surface area (Å²) in [6, 6.07) is 20.1. The van der Waals surface area contributed by atoms with Gasteiger partial charge in [0, 0.05) is 6.61 Å². The van der Waals surface area contributed by atoms with Crippen LogP contribution in [-0.2, 0) is 22.5 Å². The van der Waals surface area contributed by atoms with Gasteiger partial charge in [-0.15, -0.1) is 0 Å². The molecule has 5 nitrogen and oxygen atoms in total. The van der Waals surface area contributed by atoms with E-state index in [1.165, 1.54) is 6.07 Å². The number of benzene rings is 3. The molecule has 33 heavy (non-hydrogen) atoms. The lowest BCUT2D eigenvalue weighted by atomic mass is 10.0. The van der Waals surface area contributed by atoms with Crippen LogP contribution in [0.25, 0.3) is 22.4 Å². The van der Waals surface area contributed by atoms with Crippen molar-refractivity contribution in [2.75, 3.05) is 18.2 Å². The molecule has 4 aromatic rings. The fourth-order valence-electron chi connectivity index (χ4n) is 4.14. The molecule has 0 saturated carbocycles. The van der Waals surface area contributed by atoms with Crippen LogP contribution in [-0.4, -0.2) is 28.8 Å². The topological polar surface area (TPSA) is 47.4 Å². The first-order valence-electron chi connectivity index (χ1n) is 11.2. The van der Waals surface area contributed by atoms with Gasteiger partial charge < -0.3 is 9.30 Å². The Morgan fingerprint density at radius 1 is 1.03 bits per heavy atom. The maximum atomic E-state index is 14.7. The van der Waals surface area contributed by atoms with Crippen LogP contribution in [0.4, 0.5) is 10.1 Å². The van der Waals surface area contributed by atoms with E-state index in [1.54, 1.807) is 27.7 Å². The molecule has 0 aliphatic rings. The molecule has 0 fully saturated rings. The summed E-state index contributed by atoms with van der Waals surface area (Å²) in [6.07, 6.45) is 0.793. The van der Waals surface area contributed by atoms with Crippen molar-refractivity contribution in [2.45, 2.75) is 33.7 Å². The van der Waals surface area contributed by atoms with Crippen molar-refractivity contribution in [1.29, 1.82) is 0 Å². The number of aromatic nitrogens is 2. The van der Waals surface area contributed by atoms with Gasteiger partial charge in [0.15, 0.2) is 0 Å². The first-order chi connectivity index (χ1) is 16.0. The Morgan fingerprint density at radius 2 is 1.79 bits per heavy atom. The number of para-hydroxylation sites is 3. The van der Waals surface area contributed by atoms with Gasteiger partial charge >= 0.3 is 0 Å². The van der Waals surface area contributed by atoms with Crippen LogP contribution >= 0.6 is 0 Å². The number of nitrogens with zero attached hydrogens (tertiary/aromatic N) is 3. The second kappa shape index (κ2) is 9.96. The Kier molecular flexibility index (Phi) is 6.84. The molecular weight excluding hydrogens is 417 g/mol. The van der Waals surface area contributed by atoms with E-state index in [9.17, 15) is 9.18 Å². The molecule has 0 N–H and O–H groups in total. The largest absolute Gasteiger partial charge is 0.361 e. The molecule has 4 rings (SSSR count). The normalized spacial score (nSPS) is 11.2. The molecule has 1 amide bonds. The minimum absolute atomic E-state index is 0.00867. The van der Waals surface area contributed by atoms with Gasteiger partial charge in [0.2, 0.25) is 5.91 Å². The molecule has 0 saturated heterocycles. The van der Waals surface area contributed by atoms with Crippen LogP contribution in [0.5, 0.6) is 0 Å². The third-order valence-electron chi connectivity index (χ3n) is 5.76. The van der Waals surface area contributed by atoms with Gasteiger partial charge in [0.25, 0.3) is 0 Å². The van der Waals surface area contributed by atoms with Gasteiger partial charge in [0.1, 0.15) is 24.9 Å². The van der Waals surface area contributed by atoms with Crippen molar-refractivity contribution >= 4 is 22.6 Å². The average molecular weight is 446 g/mol. The van der Waals surface area contributed by atoms with E-state index in [4.69, 9.17) is 4.74 Å². The molecule has 3 aromatic carbocycles. The zero-order valence-corrected chi connectivity index (χ0v) is 19.2. The van der Waals surface area contributed by atoms with Crippen molar-refractivity contribution in [3.8, 4) is 11.4 Å². The second-order valence-electron chi connectivity index (χ2n) is 7.87. The molecule has 1 heterocycles. The number of carbonyl (C=O) groups is 1. The number of halogens is 1. The minimum atomic E-state index is -0.375. The zero-order valence-electron chi connectivity index (χ0n) is 19.2. The number of hydrogen-bond donors (Lipinski definition) is 0. The van der Waals surface area contributed by atoms with E-state index in [-0.39, 0.29) is 25.0 Å². The number of amides is 1. The van der Waals surface area contributed by atoms with E-state index in [2.05, 4.69) is 11.9 Å². The van der Waals surface area contributed by atoms with Crippen molar-refractivity contribution in [2.24, 2.45) is 0 Å². The zero-order chi connectivity index (χ0) is 23.4. The molecule has 0 radical (unpaired) electrons. The van der Waals surface area contributed by atoms with Crippen molar-refractivity contribution in [3.63, 3.8) is 0 Å². The first-order valence-corrected chi connectivity index (χ1v) is 11.2. The number of rotatable bonds is 8. The summed E-state index contributed by atoms with van der Waals surface area (Å²) in [5.41, 5.74) is 4.81. The fourth-order valence-corrected chi connectivity index (χ4v) is 4.14. The Bertz CT molecular complexity index is 1280. The predicted octanol–water partition coefficient (Wildman–Crippen LogP) is 5.74. The number of aryl methyl sites for hydroxylation is 2. The lowest BCUT2D eigenvalue weighted by molar-refractivity contribution is -0.120. The lowest BCUT2D eigenvalue weighted by Gasteiger charge is -2.27. The highest BCUT2D eigenvalue weighted by molar-refractivity contribution is 5.96. The van der Waals surface area contributed by atoms with E-state index in [0.717, 1.165) is 28.8 Å². The number of ether oxygens (including phenoxy) is 1. The maximum Gasteiger partial charge on any atom is 0.248 e. The second-order valence-corrected chi connectivity index (χ2v) is 7.87. The van der Waals surface area contributed by atoms with E-state index < -0.39 is 0 Å². The molecule has 6 heteroatoms. The third kappa shape index (κ3) is 4.52. The monoisotopic (exact) mass is 445 g/mol. The summed E-state index contributed by atoms with van der Waals surface area (Å²) in [4.78, 5) is 20.1. The average Bonchev–Trinajstić information content (AvgIpc) is 3.18. The number of anilines is 1. The molecule has 0 atom stereocenters. The Labute approximate surface area is 193 Å². The Morgan fingerprint density at radius 3 is 2.55 bits per heavy atom. The number of hydrogen-bond acceptors (Lipinski definition) is 3. The predicted molar refractivity (Wildman–Crippen MR) is 130 cm³/mol. The van der Waals surface area contributed by atoms with Gasteiger partial charge in [-0.2, -0.15) is 0 Å². The third-order valence-corrected chi connectivity index (χ3v) is 5.76. The van der Waals surface area contributed by atoms with Crippen LogP contribution in [0.1, 0.15) is 25.0 Å². The molecule has 0 bridgehead atoms. The van der Waals surface area contributed by atoms with Crippen LogP contribution in [0.15, 0.2) is 66.7 Å². The van der Waals surface area contributed by atoms with Crippen molar-refractivity contribution < 1.29 is 13.9 Å².